The van der Waals surface area contributed by atoms with E-state index in [0.717, 1.165) is 24.3 Å². The molecule has 3 aromatic heterocycles. The number of hydrogen-bond donors (Lipinski definition) is 1. The zero-order chi connectivity index (χ0) is 12.8. The summed E-state index contributed by atoms with van der Waals surface area (Å²) in [4.78, 5) is 4.39. The van der Waals surface area contributed by atoms with E-state index >= 15 is 0 Å². The third kappa shape index (κ3) is 2.02. The van der Waals surface area contributed by atoms with Crippen molar-refractivity contribution >= 4 is 34.0 Å². The molecule has 0 aromatic carbocycles. The van der Waals surface area contributed by atoms with Gasteiger partial charge in [-0.3, -0.25) is 9.67 Å². The Balaban J connectivity index is 0.00000121. The van der Waals surface area contributed by atoms with E-state index in [-0.39, 0.29) is 12.4 Å². The smallest absolute Gasteiger partial charge is 0.0942 e. The number of nitrogens with one attached hydrogen (secondary N) is 1. The Morgan fingerprint density at radius 2 is 2.30 bits per heavy atom. The molecule has 0 saturated heterocycles. The summed E-state index contributed by atoms with van der Waals surface area (Å²) in [6, 6.07) is 6.73. The van der Waals surface area contributed by atoms with Crippen molar-refractivity contribution in [2.45, 2.75) is 19.5 Å². The van der Waals surface area contributed by atoms with Gasteiger partial charge < -0.3 is 5.32 Å². The van der Waals surface area contributed by atoms with Gasteiger partial charge in [-0.05, 0) is 30.5 Å². The fourth-order valence-corrected chi connectivity index (χ4v) is 3.52. The minimum atomic E-state index is 0. The lowest BCUT2D eigenvalue weighted by Gasteiger charge is -2.21. The molecule has 4 heterocycles. The lowest BCUT2D eigenvalue weighted by atomic mass is 10.1. The normalized spacial score (nSPS) is 17.8. The molecule has 104 valence electrons. The van der Waals surface area contributed by atoms with Gasteiger partial charge in [0, 0.05) is 24.8 Å². The Hall–Kier alpha value is -1.43. The van der Waals surface area contributed by atoms with E-state index in [1.54, 1.807) is 11.3 Å². The van der Waals surface area contributed by atoms with Crippen molar-refractivity contribution in [1.29, 1.82) is 0 Å². The van der Waals surface area contributed by atoms with E-state index in [1.165, 1.54) is 16.0 Å². The van der Waals surface area contributed by atoms with Crippen LogP contribution in [-0.2, 0) is 6.54 Å². The van der Waals surface area contributed by atoms with E-state index in [9.17, 15) is 0 Å². The number of hydrogen-bond acceptors (Lipinski definition) is 4. The number of nitrogens with zero attached hydrogens (tertiary/aromatic N) is 3. The zero-order valence-corrected chi connectivity index (χ0v) is 12.7. The highest BCUT2D eigenvalue weighted by molar-refractivity contribution is 7.17. The number of rotatable bonds is 1. The molecule has 1 aliphatic rings. The van der Waals surface area contributed by atoms with Crippen molar-refractivity contribution in [1.82, 2.24) is 20.1 Å². The van der Waals surface area contributed by atoms with Gasteiger partial charge in [-0.25, -0.2) is 0 Å². The first-order chi connectivity index (χ1) is 9.33. The van der Waals surface area contributed by atoms with E-state index < -0.39 is 0 Å². The molecule has 6 heteroatoms. The van der Waals surface area contributed by atoms with Gasteiger partial charge >= 0.3 is 0 Å². The second-order valence-electron chi connectivity index (χ2n) is 4.94. The summed E-state index contributed by atoms with van der Waals surface area (Å²) in [5.74, 6) is 0. The van der Waals surface area contributed by atoms with Crippen molar-refractivity contribution in [3.05, 3.63) is 35.5 Å². The molecule has 0 aliphatic carbocycles. The number of pyridine rings is 1. The second kappa shape index (κ2) is 5.16. The summed E-state index contributed by atoms with van der Waals surface area (Å²) in [7, 11) is 0. The van der Waals surface area contributed by atoms with E-state index in [2.05, 4.69) is 45.5 Å². The average molecular weight is 307 g/mol. The monoisotopic (exact) mass is 306 g/mol. The van der Waals surface area contributed by atoms with Crippen LogP contribution in [0.4, 0.5) is 0 Å². The first-order valence-corrected chi connectivity index (χ1v) is 7.32. The van der Waals surface area contributed by atoms with Gasteiger partial charge in [-0.15, -0.1) is 23.7 Å². The molecular weight excluding hydrogens is 292 g/mol. The highest BCUT2D eigenvalue weighted by Crippen LogP contribution is 2.31. The van der Waals surface area contributed by atoms with Crippen LogP contribution in [0.5, 0.6) is 0 Å². The first-order valence-electron chi connectivity index (χ1n) is 6.44. The molecule has 0 spiro atoms. The molecule has 0 radical (unpaired) electrons. The van der Waals surface area contributed by atoms with Crippen LogP contribution in [-0.4, -0.2) is 21.3 Å². The molecule has 0 fully saturated rings. The lowest BCUT2D eigenvalue weighted by molar-refractivity contribution is 0.392. The molecule has 20 heavy (non-hydrogen) atoms. The first kappa shape index (κ1) is 13.5. The van der Waals surface area contributed by atoms with E-state index in [4.69, 9.17) is 5.10 Å². The lowest BCUT2D eigenvalue weighted by Crippen LogP contribution is -2.31. The van der Waals surface area contributed by atoms with Crippen molar-refractivity contribution in [3.63, 3.8) is 0 Å². The van der Waals surface area contributed by atoms with Crippen molar-refractivity contribution in [3.8, 4) is 11.3 Å². The van der Waals surface area contributed by atoms with E-state index in [1.807, 2.05) is 6.20 Å². The van der Waals surface area contributed by atoms with E-state index in [0.29, 0.717) is 6.04 Å². The average Bonchev–Trinajstić information content (AvgIpc) is 3.05. The number of aromatic nitrogens is 3. The molecule has 1 N–H and O–H groups in total. The summed E-state index contributed by atoms with van der Waals surface area (Å²) >= 11 is 1.73. The van der Waals surface area contributed by atoms with Crippen LogP contribution < -0.4 is 5.32 Å². The molecular formula is C14H15ClN4S. The predicted molar refractivity (Wildman–Crippen MR) is 84.5 cm³/mol. The molecule has 1 unspecified atom stereocenters. The molecule has 4 nitrogen and oxygen atoms in total. The summed E-state index contributed by atoms with van der Waals surface area (Å²) in [6.45, 7) is 4.08. The van der Waals surface area contributed by atoms with Gasteiger partial charge in [-0.1, -0.05) is 0 Å². The fraction of sp³-hybridized carbons (Fsp3) is 0.286. The van der Waals surface area contributed by atoms with Crippen LogP contribution in [0.15, 0.2) is 29.8 Å². The Labute approximate surface area is 127 Å². The van der Waals surface area contributed by atoms with Crippen LogP contribution >= 0.6 is 23.7 Å². The molecule has 4 rings (SSSR count). The molecule has 1 atom stereocenters. The quantitative estimate of drug-likeness (QED) is 0.750. The van der Waals surface area contributed by atoms with Crippen LogP contribution in [0.3, 0.4) is 0 Å². The largest absolute Gasteiger partial charge is 0.309 e. The van der Waals surface area contributed by atoms with Crippen molar-refractivity contribution < 1.29 is 0 Å². The van der Waals surface area contributed by atoms with Crippen molar-refractivity contribution in [2.24, 2.45) is 0 Å². The predicted octanol–water partition coefficient (Wildman–Crippen LogP) is 3.25. The third-order valence-corrected chi connectivity index (χ3v) is 4.53. The number of fused-ring (bicyclic) bond motifs is 2. The fourth-order valence-electron chi connectivity index (χ4n) is 2.65. The zero-order valence-electron chi connectivity index (χ0n) is 11.0. The molecule has 0 bridgehead atoms. The maximum Gasteiger partial charge on any atom is 0.0942 e. The van der Waals surface area contributed by atoms with Gasteiger partial charge in [-0.2, -0.15) is 5.10 Å². The third-order valence-electron chi connectivity index (χ3n) is 3.60. The Bertz CT molecular complexity index is 749. The van der Waals surface area contributed by atoms with Gasteiger partial charge in [0.2, 0.25) is 0 Å². The minimum Gasteiger partial charge on any atom is -0.309 e. The van der Waals surface area contributed by atoms with Gasteiger partial charge in [0.05, 0.1) is 27.6 Å². The highest BCUT2D eigenvalue weighted by Gasteiger charge is 2.19. The van der Waals surface area contributed by atoms with Crippen LogP contribution in [0.25, 0.3) is 21.5 Å². The summed E-state index contributed by atoms with van der Waals surface area (Å²) in [5.41, 5.74) is 4.56. The summed E-state index contributed by atoms with van der Waals surface area (Å²) in [5, 5.41) is 10.3. The second-order valence-corrected chi connectivity index (χ2v) is 5.86. The standard InChI is InChI=1S/C14H14N4S.ClH/c1-9-7-15-8-10-6-13(17-18(9)10)11-2-4-16-12-3-5-19-14(11)12;/h2-6,9,15H,7-8H2,1H3;1H. The van der Waals surface area contributed by atoms with Crippen molar-refractivity contribution in [2.75, 3.05) is 6.54 Å². The SMILES string of the molecule is CC1CNCc2cc(-c3ccnc4ccsc34)nn21.Cl. The topological polar surface area (TPSA) is 42.7 Å². The molecule has 0 saturated carbocycles. The Kier molecular flexibility index (Phi) is 3.50. The van der Waals surface area contributed by atoms with Crippen LogP contribution in [0.1, 0.15) is 18.7 Å². The number of thiophene rings is 1. The Morgan fingerprint density at radius 1 is 1.40 bits per heavy atom. The maximum absolute atomic E-state index is 4.79. The van der Waals surface area contributed by atoms with Crippen LogP contribution in [0.2, 0.25) is 0 Å². The molecule has 3 aromatic rings. The molecule has 1 aliphatic heterocycles. The summed E-state index contributed by atoms with van der Waals surface area (Å²) in [6.07, 6.45) is 1.87. The van der Waals surface area contributed by atoms with Gasteiger partial charge in [0.25, 0.3) is 0 Å². The maximum atomic E-state index is 4.79. The molecule has 0 amide bonds. The van der Waals surface area contributed by atoms with Crippen LogP contribution in [0, 0.1) is 0 Å². The van der Waals surface area contributed by atoms with Gasteiger partial charge in [0.15, 0.2) is 0 Å². The highest BCUT2D eigenvalue weighted by atomic mass is 35.5. The number of halogens is 1. The Morgan fingerprint density at radius 3 is 3.15 bits per heavy atom. The summed E-state index contributed by atoms with van der Waals surface area (Å²) < 4.78 is 3.37. The minimum absolute atomic E-state index is 0. The van der Waals surface area contributed by atoms with Gasteiger partial charge in [0.1, 0.15) is 0 Å².